The summed E-state index contributed by atoms with van der Waals surface area (Å²) in [5.41, 5.74) is 6.76. The second-order valence-electron chi connectivity index (χ2n) is 5.44. The first-order chi connectivity index (χ1) is 9.79. The van der Waals surface area contributed by atoms with Crippen LogP contribution in [0.4, 0.5) is 0 Å². The molecule has 4 heteroatoms. The van der Waals surface area contributed by atoms with Crippen LogP contribution in [0, 0.1) is 0 Å². The molecule has 2 rings (SSSR count). The highest BCUT2D eigenvalue weighted by Gasteiger charge is 2.21. The fraction of sp³-hybridized carbons (Fsp3) is 0.562. The van der Waals surface area contributed by atoms with Crippen LogP contribution in [0.5, 0.6) is 0 Å². The van der Waals surface area contributed by atoms with Gasteiger partial charge in [0.05, 0.1) is 0 Å². The lowest BCUT2D eigenvalue weighted by molar-refractivity contribution is -0.132. The van der Waals surface area contributed by atoms with Gasteiger partial charge < -0.3 is 16.0 Å². The minimum atomic E-state index is 0.238. The fourth-order valence-corrected chi connectivity index (χ4v) is 2.65. The molecule has 1 heterocycles. The Bertz CT molecular complexity index is 401. The van der Waals surface area contributed by atoms with E-state index in [9.17, 15) is 4.79 Å². The largest absolute Gasteiger partial charge is 0.338 e. The van der Waals surface area contributed by atoms with E-state index in [1.54, 1.807) is 0 Å². The van der Waals surface area contributed by atoms with Crippen molar-refractivity contribution < 1.29 is 4.79 Å². The summed E-state index contributed by atoms with van der Waals surface area (Å²) >= 11 is 0. The van der Waals surface area contributed by atoms with Crippen LogP contribution in [0.1, 0.15) is 31.2 Å². The summed E-state index contributed by atoms with van der Waals surface area (Å²) in [6.07, 6.45) is 3.76. The second kappa shape index (κ2) is 8.02. The molecule has 1 atom stereocenters. The number of carbonyl (C=O) groups excluding carboxylic acids is 1. The number of amides is 1. The van der Waals surface area contributed by atoms with Crippen LogP contribution < -0.4 is 11.1 Å². The Morgan fingerprint density at radius 2 is 2.15 bits per heavy atom. The molecular weight excluding hydrogens is 250 g/mol. The van der Waals surface area contributed by atoms with Crippen molar-refractivity contribution in [3.05, 3.63) is 35.9 Å². The molecule has 1 aliphatic rings. The Labute approximate surface area is 121 Å². The van der Waals surface area contributed by atoms with Gasteiger partial charge in [-0.25, -0.2) is 0 Å². The number of hydrogen-bond acceptors (Lipinski definition) is 3. The molecule has 1 aromatic carbocycles. The summed E-state index contributed by atoms with van der Waals surface area (Å²) in [4.78, 5) is 14.4. The van der Waals surface area contributed by atoms with Gasteiger partial charge in [-0.15, -0.1) is 0 Å². The van der Waals surface area contributed by atoms with Crippen molar-refractivity contribution in [2.24, 2.45) is 5.73 Å². The zero-order valence-corrected chi connectivity index (χ0v) is 12.1. The van der Waals surface area contributed by atoms with Gasteiger partial charge in [0, 0.05) is 25.6 Å². The van der Waals surface area contributed by atoms with Crippen molar-refractivity contribution in [2.45, 2.75) is 38.3 Å². The number of benzene rings is 1. The van der Waals surface area contributed by atoms with Crippen molar-refractivity contribution in [2.75, 3.05) is 19.6 Å². The summed E-state index contributed by atoms with van der Waals surface area (Å²) < 4.78 is 0. The zero-order chi connectivity index (χ0) is 14.2. The normalized spacial score (nSPS) is 18.1. The van der Waals surface area contributed by atoms with E-state index >= 15 is 0 Å². The highest BCUT2D eigenvalue weighted by Crippen LogP contribution is 2.13. The fourth-order valence-electron chi connectivity index (χ4n) is 2.65. The van der Waals surface area contributed by atoms with E-state index in [1.165, 1.54) is 12.0 Å². The molecule has 0 bridgehead atoms. The molecule has 0 radical (unpaired) electrons. The van der Waals surface area contributed by atoms with Gasteiger partial charge in [0.25, 0.3) is 0 Å². The predicted molar refractivity (Wildman–Crippen MR) is 81.2 cm³/mol. The van der Waals surface area contributed by atoms with Crippen molar-refractivity contribution in [3.63, 3.8) is 0 Å². The van der Waals surface area contributed by atoms with Gasteiger partial charge in [0.2, 0.25) is 5.91 Å². The van der Waals surface area contributed by atoms with Gasteiger partial charge in [-0.3, -0.25) is 4.79 Å². The van der Waals surface area contributed by atoms with Gasteiger partial charge in [0.15, 0.2) is 0 Å². The lowest BCUT2D eigenvalue weighted by atomic mass is 10.1. The number of hydrogen-bond donors (Lipinski definition) is 2. The van der Waals surface area contributed by atoms with E-state index in [2.05, 4.69) is 17.4 Å². The number of nitrogens with one attached hydrogen (secondary N) is 1. The van der Waals surface area contributed by atoms with Crippen LogP contribution in [0.25, 0.3) is 0 Å². The maximum absolute atomic E-state index is 12.5. The summed E-state index contributed by atoms with van der Waals surface area (Å²) in [7, 11) is 0. The van der Waals surface area contributed by atoms with E-state index in [4.69, 9.17) is 5.73 Å². The van der Waals surface area contributed by atoms with E-state index in [1.807, 2.05) is 23.1 Å². The Balaban J connectivity index is 1.92. The van der Waals surface area contributed by atoms with Gasteiger partial charge in [-0.05, 0) is 37.9 Å². The Kier molecular flexibility index (Phi) is 6.02. The topological polar surface area (TPSA) is 58.4 Å². The summed E-state index contributed by atoms with van der Waals surface area (Å²) in [5.74, 6) is 0.238. The van der Waals surface area contributed by atoms with E-state index in [0.717, 1.165) is 25.9 Å². The third kappa shape index (κ3) is 4.62. The molecular formula is C16H25N3O. The minimum Gasteiger partial charge on any atom is -0.338 e. The maximum Gasteiger partial charge on any atom is 0.224 e. The van der Waals surface area contributed by atoms with Crippen LogP contribution in [-0.2, 0) is 11.3 Å². The van der Waals surface area contributed by atoms with Crippen molar-refractivity contribution in [1.29, 1.82) is 0 Å². The highest BCUT2D eigenvalue weighted by molar-refractivity contribution is 5.76. The monoisotopic (exact) mass is 275 g/mol. The molecule has 0 spiro atoms. The average molecular weight is 275 g/mol. The van der Waals surface area contributed by atoms with E-state index in [0.29, 0.717) is 25.6 Å². The quantitative estimate of drug-likeness (QED) is 0.793. The first kappa shape index (κ1) is 15.0. The summed E-state index contributed by atoms with van der Waals surface area (Å²) in [6.45, 7) is 3.10. The SMILES string of the molecule is NCCCN(Cc1ccccc1)C(=O)CC1CCCN1. The smallest absolute Gasteiger partial charge is 0.224 e. The first-order valence-electron chi connectivity index (χ1n) is 7.54. The number of nitrogens with zero attached hydrogens (tertiary/aromatic N) is 1. The summed E-state index contributed by atoms with van der Waals surface area (Å²) in [5, 5.41) is 3.39. The average Bonchev–Trinajstić information content (AvgIpc) is 2.97. The Morgan fingerprint density at radius 3 is 2.80 bits per heavy atom. The summed E-state index contributed by atoms with van der Waals surface area (Å²) in [6, 6.07) is 10.5. The van der Waals surface area contributed by atoms with Crippen molar-refractivity contribution in [1.82, 2.24) is 10.2 Å². The van der Waals surface area contributed by atoms with Crippen LogP contribution in [-0.4, -0.2) is 36.5 Å². The zero-order valence-electron chi connectivity index (χ0n) is 12.1. The third-order valence-electron chi connectivity index (χ3n) is 3.78. The van der Waals surface area contributed by atoms with Crippen LogP contribution in [0.3, 0.4) is 0 Å². The van der Waals surface area contributed by atoms with Gasteiger partial charge in [-0.1, -0.05) is 30.3 Å². The molecule has 1 amide bonds. The van der Waals surface area contributed by atoms with Gasteiger partial charge >= 0.3 is 0 Å². The van der Waals surface area contributed by atoms with Crippen LogP contribution >= 0.6 is 0 Å². The number of nitrogens with two attached hydrogens (primary N) is 1. The lowest BCUT2D eigenvalue weighted by Gasteiger charge is -2.24. The molecule has 1 aromatic rings. The molecule has 4 nitrogen and oxygen atoms in total. The Hall–Kier alpha value is -1.39. The van der Waals surface area contributed by atoms with Gasteiger partial charge in [0.1, 0.15) is 0 Å². The highest BCUT2D eigenvalue weighted by atomic mass is 16.2. The van der Waals surface area contributed by atoms with Crippen molar-refractivity contribution in [3.8, 4) is 0 Å². The molecule has 3 N–H and O–H groups in total. The molecule has 1 aliphatic heterocycles. The third-order valence-corrected chi connectivity index (χ3v) is 3.78. The first-order valence-corrected chi connectivity index (χ1v) is 7.54. The molecule has 0 saturated carbocycles. The van der Waals surface area contributed by atoms with Crippen molar-refractivity contribution >= 4 is 5.91 Å². The standard InChI is InChI=1S/C16H25N3O/c17-9-5-11-19(13-14-6-2-1-3-7-14)16(20)12-15-8-4-10-18-15/h1-3,6-7,15,18H,4-5,8-13,17H2. The van der Waals surface area contributed by atoms with E-state index in [-0.39, 0.29) is 5.91 Å². The molecule has 20 heavy (non-hydrogen) atoms. The lowest BCUT2D eigenvalue weighted by Crippen LogP contribution is -2.36. The minimum absolute atomic E-state index is 0.238. The van der Waals surface area contributed by atoms with Crippen LogP contribution in [0.15, 0.2) is 30.3 Å². The molecule has 110 valence electrons. The van der Waals surface area contributed by atoms with Gasteiger partial charge in [-0.2, -0.15) is 0 Å². The molecule has 1 fully saturated rings. The van der Waals surface area contributed by atoms with E-state index < -0.39 is 0 Å². The second-order valence-corrected chi connectivity index (χ2v) is 5.44. The molecule has 0 aliphatic carbocycles. The number of rotatable bonds is 7. The Morgan fingerprint density at radius 1 is 1.35 bits per heavy atom. The molecule has 0 aromatic heterocycles. The predicted octanol–water partition coefficient (Wildman–Crippen LogP) is 1.51. The molecule has 1 saturated heterocycles. The maximum atomic E-state index is 12.5. The number of carbonyl (C=O) groups is 1. The molecule has 1 unspecified atom stereocenters. The van der Waals surface area contributed by atoms with Crippen LogP contribution in [0.2, 0.25) is 0 Å².